The molecule has 0 aliphatic rings. The van der Waals surface area contributed by atoms with Gasteiger partial charge in [0.2, 0.25) is 20.3 Å². The molecule has 0 radical (unpaired) electrons. The summed E-state index contributed by atoms with van der Waals surface area (Å²) in [5.41, 5.74) is 0.289. The Balaban J connectivity index is 0.00000900. The van der Waals surface area contributed by atoms with Gasteiger partial charge >= 0.3 is 6.18 Å². The number of thioether (sulfide) groups is 1. The SMILES string of the molecule is C.CCOC(=S)SC(CC(NC(C)=O)C(F)(F)F)CN(c1ccc(Br)cc1)S(C)(=O)=O. The third-order valence-electron chi connectivity index (χ3n) is 3.68. The summed E-state index contributed by atoms with van der Waals surface area (Å²) >= 11 is 9.12. The van der Waals surface area contributed by atoms with E-state index in [0.717, 1.165) is 29.2 Å². The van der Waals surface area contributed by atoms with Gasteiger partial charge in [-0.1, -0.05) is 35.1 Å². The average Bonchev–Trinajstić information content (AvgIpc) is 2.58. The zero-order chi connectivity index (χ0) is 23.1. The highest BCUT2D eigenvalue weighted by molar-refractivity contribution is 9.10. The molecule has 0 spiro atoms. The molecule has 6 nitrogen and oxygen atoms in total. The minimum absolute atomic E-state index is 0. The summed E-state index contributed by atoms with van der Waals surface area (Å²) in [4.78, 5) is 11.3. The van der Waals surface area contributed by atoms with Crippen LogP contribution < -0.4 is 9.62 Å². The van der Waals surface area contributed by atoms with Gasteiger partial charge in [-0.05, 0) is 49.8 Å². The molecule has 178 valence electrons. The van der Waals surface area contributed by atoms with Gasteiger partial charge in [0.15, 0.2) is 0 Å². The number of anilines is 1. The Morgan fingerprint density at radius 3 is 2.29 bits per heavy atom. The summed E-state index contributed by atoms with van der Waals surface area (Å²) in [5, 5.41) is 0.936. The number of rotatable bonds is 9. The number of hydrogen-bond acceptors (Lipinski definition) is 6. The number of carbonyl (C=O) groups is 1. The lowest BCUT2D eigenvalue weighted by molar-refractivity contribution is -0.162. The van der Waals surface area contributed by atoms with Crippen molar-refractivity contribution in [3.05, 3.63) is 28.7 Å². The Bertz CT molecular complexity index is 836. The topological polar surface area (TPSA) is 75.7 Å². The first-order chi connectivity index (χ1) is 13.7. The van der Waals surface area contributed by atoms with E-state index in [1.54, 1.807) is 19.1 Å². The Hall–Kier alpha value is -1.05. The van der Waals surface area contributed by atoms with Crippen LogP contribution in [0.2, 0.25) is 0 Å². The van der Waals surface area contributed by atoms with Crippen molar-refractivity contribution in [1.82, 2.24) is 5.32 Å². The normalized spacial score (nSPS) is 13.5. The maximum Gasteiger partial charge on any atom is 0.408 e. The van der Waals surface area contributed by atoms with E-state index in [2.05, 4.69) is 15.9 Å². The van der Waals surface area contributed by atoms with E-state index in [1.165, 1.54) is 12.1 Å². The first-order valence-corrected chi connectivity index (χ1v) is 12.6. The Morgan fingerprint density at radius 2 is 1.87 bits per heavy atom. The molecule has 1 N–H and O–H groups in total. The van der Waals surface area contributed by atoms with Gasteiger partial charge < -0.3 is 10.1 Å². The van der Waals surface area contributed by atoms with Crippen molar-refractivity contribution in [3.63, 3.8) is 0 Å². The number of alkyl halides is 3. The molecule has 0 saturated heterocycles. The molecule has 1 rings (SSSR count). The highest BCUT2D eigenvalue weighted by Crippen LogP contribution is 2.31. The molecule has 0 aliphatic heterocycles. The van der Waals surface area contributed by atoms with Gasteiger partial charge in [-0.25, -0.2) is 8.42 Å². The highest BCUT2D eigenvalue weighted by Gasteiger charge is 2.42. The van der Waals surface area contributed by atoms with Crippen LogP contribution in [0.3, 0.4) is 0 Å². The van der Waals surface area contributed by atoms with Gasteiger partial charge in [0.25, 0.3) is 0 Å². The number of nitrogens with zero attached hydrogens (tertiary/aromatic N) is 1. The van der Waals surface area contributed by atoms with Crippen LogP contribution in [0.15, 0.2) is 28.7 Å². The Morgan fingerprint density at radius 1 is 1.32 bits per heavy atom. The van der Waals surface area contributed by atoms with Crippen LogP contribution in [0.25, 0.3) is 0 Å². The third-order valence-corrected chi connectivity index (χ3v) is 6.76. The molecule has 0 fully saturated rings. The zero-order valence-electron chi connectivity index (χ0n) is 16.4. The quantitative estimate of drug-likeness (QED) is 0.435. The minimum Gasteiger partial charge on any atom is -0.479 e. The summed E-state index contributed by atoms with van der Waals surface area (Å²) in [5.74, 6) is -0.846. The van der Waals surface area contributed by atoms with Crippen LogP contribution >= 0.6 is 39.9 Å². The van der Waals surface area contributed by atoms with Crippen LogP contribution in [0.4, 0.5) is 18.9 Å². The molecule has 0 bridgehead atoms. The number of amides is 1. The Labute approximate surface area is 199 Å². The van der Waals surface area contributed by atoms with Crippen LogP contribution in [-0.2, 0) is 19.6 Å². The predicted octanol–water partition coefficient (Wildman–Crippen LogP) is 4.73. The van der Waals surface area contributed by atoms with Gasteiger partial charge in [0, 0.05) is 23.2 Å². The van der Waals surface area contributed by atoms with Crippen molar-refractivity contribution in [1.29, 1.82) is 0 Å². The fourth-order valence-electron chi connectivity index (χ4n) is 2.46. The maximum atomic E-state index is 13.4. The highest BCUT2D eigenvalue weighted by atomic mass is 79.9. The average molecular weight is 568 g/mol. The van der Waals surface area contributed by atoms with Crippen molar-refractivity contribution >= 4 is 65.9 Å². The van der Waals surface area contributed by atoms with E-state index in [4.69, 9.17) is 17.0 Å². The van der Waals surface area contributed by atoms with Crippen molar-refractivity contribution < 1.29 is 31.1 Å². The van der Waals surface area contributed by atoms with E-state index in [0.29, 0.717) is 4.47 Å². The van der Waals surface area contributed by atoms with Crippen LogP contribution in [0.5, 0.6) is 0 Å². The standard InChI is InChI=1S/C17H22BrF3N2O4S3.CH4/c1-4-27-16(28)29-14(9-15(17(19,20)21)22-11(2)24)10-23(30(3,25)26)13-7-5-12(18)6-8-13;/h5-8,14-15H,4,9-10H2,1-3H3,(H,22,24);1H4. The number of nitrogens with one attached hydrogen (secondary N) is 1. The minimum atomic E-state index is -4.72. The van der Waals surface area contributed by atoms with Crippen molar-refractivity contribution in [2.24, 2.45) is 0 Å². The summed E-state index contributed by atoms with van der Waals surface area (Å²) in [7, 11) is -3.82. The molecule has 0 aromatic heterocycles. The lowest BCUT2D eigenvalue weighted by Gasteiger charge is -2.30. The second kappa shape index (κ2) is 12.9. The molecule has 0 saturated carbocycles. The summed E-state index contributed by atoms with van der Waals surface area (Å²) in [6, 6.07) is 4.14. The van der Waals surface area contributed by atoms with E-state index in [9.17, 15) is 26.4 Å². The lowest BCUT2D eigenvalue weighted by Crippen LogP contribution is -2.48. The second-order valence-corrected chi connectivity index (χ2v) is 10.9. The number of halogens is 4. The first-order valence-electron chi connectivity index (χ1n) is 8.64. The molecule has 2 unspecified atom stereocenters. The number of thiocarbonyl (C=S) groups is 1. The maximum absolute atomic E-state index is 13.4. The molecule has 0 heterocycles. The number of sulfonamides is 1. The second-order valence-electron chi connectivity index (χ2n) is 6.22. The Kier molecular flexibility index (Phi) is 12.4. The molecule has 1 amide bonds. The third kappa shape index (κ3) is 10.9. The molecule has 0 aliphatic carbocycles. The van der Waals surface area contributed by atoms with Crippen LogP contribution in [-0.4, -0.2) is 55.6 Å². The summed E-state index contributed by atoms with van der Waals surface area (Å²) in [6.07, 6.45) is -4.35. The monoisotopic (exact) mass is 566 g/mol. The molecular formula is C18H26BrF3N2O4S3. The van der Waals surface area contributed by atoms with Gasteiger partial charge in [-0.3, -0.25) is 9.10 Å². The van der Waals surface area contributed by atoms with Crippen molar-refractivity contribution in [2.45, 2.75) is 45.2 Å². The predicted molar refractivity (Wildman–Crippen MR) is 127 cm³/mol. The molecule has 1 aromatic rings. The van der Waals surface area contributed by atoms with E-state index in [1.807, 2.05) is 5.32 Å². The van der Waals surface area contributed by atoms with Crippen LogP contribution in [0.1, 0.15) is 27.7 Å². The van der Waals surface area contributed by atoms with Crippen LogP contribution in [0, 0.1) is 0 Å². The number of ether oxygens (including phenoxy) is 1. The first kappa shape index (κ1) is 29.9. The largest absolute Gasteiger partial charge is 0.479 e. The molecule has 2 atom stereocenters. The molecular weight excluding hydrogens is 541 g/mol. The smallest absolute Gasteiger partial charge is 0.408 e. The van der Waals surface area contributed by atoms with E-state index in [-0.39, 0.29) is 30.6 Å². The van der Waals surface area contributed by atoms with E-state index >= 15 is 0 Å². The molecule has 13 heteroatoms. The number of benzene rings is 1. The fraction of sp³-hybridized carbons (Fsp3) is 0.556. The van der Waals surface area contributed by atoms with E-state index < -0.39 is 39.8 Å². The zero-order valence-corrected chi connectivity index (χ0v) is 20.4. The summed E-state index contributed by atoms with van der Waals surface area (Å²) < 4.78 is 71.9. The molecule has 1 aromatic carbocycles. The van der Waals surface area contributed by atoms with Gasteiger partial charge in [-0.15, -0.1) is 0 Å². The van der Waals surface area contributed by atoms with Gasteiger partial charge in [0.1, 0.15) is 6.04 Å². The van der Waals surface area contributed by atoms with Crippen molar-refractivity contribution in [2.75, 3.05) is 23.7 Å². The molecule has 31 heavy (non-hydrogen) atoms. The summed E-state index contributed by atoms with van der Waals surface area (Å²) in [6.45, 7) is 2.57. The number of hydrogen-bond donors (Lipinski definition) is 1. The van der Waals surface area contributed by atoms with Gasteiger partial charge in [-0.2, -0.15) is 13.2 Å². The van der Waals surface area contributed by atoms with Crippen molar-refractivity contribution in [3.8, 4) is 0 Å². The van der Waals surface area contributed by atoms with Gasteiger partial charge in [0.05, 0.1) is 18.6 Å². The number of carbonyl (C=O) groups excluding carboxylic acids is 1. The lowest BCUT2D eigenvalue weighted by atomic mass is 10.1. The fourth-order valence-corrected chi connectivity index (χ4v) is 5.27.